The molecule has 8 heteroatoms. The van der Waals surface area contributed by atoms with E-state index in [1.165, 1.54) is 24.6 Å². The summed E-state index contributed by atoms with van der Waals surface area (Å²) in [6.07, 6.45) is 4.29. The Morgan fingerprint density at radius 3 is 2.46 bits per heavy atom. The van der Waals surface area contributed by atoms with E-state index in [4.69, 9.17) is 9.47 Å². The van der Waals surface area contributed by atoms with Gasteiger partial charge in [0.05, 0.1) is 12.4 Å². The summed E-state index contributed by atoms with van der Waals surface area (Å²) < 4.78 is 13.0. The van der Waals surface area contributed by atoms with Crippen LogP contribution >= 0.6 is 11.8 Å². The second-order valence-electron chi connectivity index (χ2n) is 7.09. The summed E-state index contributed by atoms with van der Waals surface area (Å²) in [4.78, 5) is 12.4. The SMILES string of the molecule is COc1ccc(OC(C)c2nnc(SC(C)C(=O)NC3CCCC3)n2C)cc1. The van der Waals surface area contributed by atoms with Crippen LogP contribution < -0.4 is 14.8 Å². The number of methoxy groups -OCH3 is 1. The number of aromatic nitrogens is 3. The van der Waals surface area contributed by atoms with Crippen molar-refractivity contribution in [2.75, 3.05) is 7.11 Å². The van der Waals surface area contributed by atoms with Crippen molar-refractivity contribution in [1.29, 1.82) is 0 Å². The van der Waals surface area contributed by atoms with Crippen molar-refractivity contribution in [3.8, 4) is 11.5 Å². The first-order valence-corrected chi connectivity index (χ1v) is 10.5. The van der Waals surface area contributed by atoms with Crippen molar-refractivity contribution in [2.45, 2.75) is 62.1 Å². The predicted octanol–water partition coefficient (Wildman–Crippen LogP) is 3.50. The average molecular weight is 405 g/mol. The van der Waals surface area contributed by atoms with Crippen LogP contribution in [0, 0.1) is 0 Å². The van der Waals surface area contributed by atoms with Gasteiger partial charge >= 0.3 is 0 Å². The van der Waals surface area contributed by atoms with Gasteiger partial charge in [0.15, 0.2) is 17.1 Å². The van der Waals surface area contributed by atoms with Crippen LogP contribution in [0.15, 0.2) is 29.4 Å². The van der Waals surface area contributed by atoms with E-state index in [2.05, 4.69) is 15.5 Å². The minimum absolute atomic E-state index is 0.0592. The van der Waals surface area contributed by atoms with Gasteiger partial charge in [-0.25, -0.2) is 0 Å². The molecule has 0 spiro atoms. The highest BCUT2D eigenvalue weighted by Crippen LogP contribution is 2.27. The highest BCUT2D eigenvalue weighted by molar-refractivity contribution is 8.00. The minimum Gasteiger partial charge on any atom is -0.497 e. The summed E-state index contributed by atoms with van der Waals surface area (Å²) in [5, 5.41) is 12.1. The summed E-state index contributed by atoms with van der Waals surface area (Å²) in [6.45, 7) is 3.83. The molecule has 1 amide bonds. The molecular formula is C20H28N4O3S. The third-order valence-electron chi connectivity index (χ3n) is 4.96. The Morgan fingerprint density at radius 1 is 1.18 bits per heavy atom. The molecule has 7 nitrogen and oxygen atoms in total. The van der Waals surface area contributed by atoms with Crippen LogP contribution in [0.1, 0.15) is 51.5 Å². The van der Waals surface area contributed by atoms with E-state index in [1.54, 1.807) is 7.11 Å². The maximum Gasteiger partial charge on any atom is 0.233 e. The molecule has 1 fully saturated rings. The average Bonchev–Trinajstić information content (AvgIpc) is 3.32. The summed E-state index contributed by atoms with van der Waals surface area (Å²) >= 11 is 1.42. The van der Waals surface area contributed by atoms with Crippen molar-refractivity contribution in [3.63, 3.8) is 0 Å². The largest absolute Gasteiger partial charge is 0.497 e. The van der Waals surface area contributed by atoms with Crippen LogP contribution in [-0.2, 0) is 11.8 Å². The van der Waals surface area contributed by atoms with E-state index in [0.717, 1.165) is 24.3 Å². The summed E-state index contributed by atoms with van der Waals surface area (Å²) in [7, 11) is 3.53. The van der Waals surface area contributed by atoms with Crippen molar-refractivity contribution in [2.24, 2.45) is 7.05 Å². The molecule has 152 valence electrons. The van der Waals surface area contributed by atoms with Gasteiger partial charge in [-0.05, 0) is 51.0 Å². The molecular weight excluding hydrogens is 376 g/mol. The lowest BCUT2D eigenvalue weighted by Gasteiger charge is -2.17. The van der Waals surface area contributed by atoms with Gasteiger partial charge in [0.25, 0.3) is 0 Å². The number of benzene rings is 1. The van der Waals surface area contributed by atoms with Gasteiger partial charge in [-0.1, -0.05) is 24.6 Å². The van der Waals surface area contributed by atoms with Crippen LogP contribution in [-0.4, -0.2) is 39.1 Å². The van der Waals surface area contributed by atoms with E-state index >= 15 is 0 Å². The smallest absolute Gasteiger partial charge is 0.233 e. The number of nitrogens with zero attached hydrogens (tertiary/aromatic N) is 3. The Kier molecular flexibility index (Phi) is 6.83. The zero-order chi connectivity index (χ0) is 20.1. The van der Waals surface area contributed by atoms with E-state index in [0.29, 0.717) is 17.0 Å². The number of carbonyl (C=O) groups is 1. The third kappa shape index (κ3) is 4.98. The molecule has 1 N–H and O–H groups in total. The predicted molar refractivity (Wildman–Crippen MR) is 109 cm³/mol. The lowest BCUT2D eigenvalue weighted by Crippen LogP contribution is -2.37. The number of rotatable bonds is 8. The van der Waals surface area contributed by atoms with Crippen LogP contribution in [0.25, 0.3) is 0 Å². The molecule has 0 aliphatic heterocycles. The van der Waals surface area contributed by atoms with Gasteiger partial charge in [0.1, 0.15) is 11.5 Å². The first-order chi connectivity index (χ1) is 13.5. The van der Waals surface area contributed by atoms with Crippen molar-refractivity contribution >= 4 is 17.7 Å². The summed E-state index contributed by atoms with van der Waals surface area (Å²) in [5.74, 6) is 2.28. The fourth-order valence-corrected chi connectivity index (χ4v) is 4.13. The Balaban J connectivity index is 1.59. The van der Waals surface area contributed by atoms with Crippen LogP contribution in [0.5, 0.6) is 11.5 Å². The number of thioether (sulfide) groups is 1. The van der Waals surface area contributed by atoms with Crippen LogP contribution in [0.4, 0.5) is 0 Å². The monoisotopic (exact) mass is 404 g/mol. The maximum absolute atomic E-state index is 12.4. The second-order valence-corrected chi connectivity index (χ2v) is 8.39. The van der Waals surface area contributed by atoms with Crippen molar-refractivity contribution in [3.05, 3.63) is 30.1 Å². The number of ether oxygens (including phenoxy) is 2. The fraction of sp³-hybridized carbons (Fsp3) is 0.550. The number of hydrogen-bond acceptors (Lipinski definition) is 6. The quantitative estimate of drug-likeness (QED) is 0.679. The van der Waals surface area contributed by atoms with Crippen LogP contribution in [0.2, 0.25) is 0 Å². The Bertz CT molecular complexity index is 787. The van der Waals surface area contributed by atoms with Gasteiger partial charge in [-0.3, -0.25) is 4.79 Å². The van der Waals surface area contributed by atoms with E-state index in [1.807, 2.05) is 49.7 Å². The molecule has 28 heavy (non-hydrogen) atoms. The molecule has 0 bridgehead atoms. The molecule has 1 aliphatic carbocycles. The van der Waals surface area contributed by atoms with Gasteiger partial charge in [0.2, 0.25) is 5.91 Å². The van der Waals surface area contributed by atoms with E-state index in [-0.39, 0.29) is 17.3 Å². The summed E-state index contributed by atoms with van der Waals surface area (Å²) in [6, 6.07) is 7.74. The molecule has 1 saturated carbocycles. The van der Waals surface area contributed by atoms with E-state index in [9.17, 15) is 4.79 Å². The zero-order valence-corrected chi connectivity index (χ0v) is 17.7. The molecule has 2 aromatic rings. The normalized spacial score (nSPS) is 16.6. The number of amides is 1. The topological polar surface area (TPSA) is 78.3 Å². The molecule has 1 aliphatic rings. The summed E-state index contributed by atoms with van der Waals surface area (Å²) in [5.41, 5.74) is 0. The van der Waals surface area contributed by atoms with E-state index < -0.39 is 0 Å². The highest BCUT2D eigenvalue weighted by atomic mass is 32.2. The van der Waals surface area contributed by atoms with Crippen molar-refractivity contribution in [1.82, 2.24) is 20.1 Å². The fourth-order valence-electron chi connectivity index (χ4n) is 3.29. The molecule has 1 aromatic heterocycles. The zero-order valence-electron chi connectivity index (χ0n) is 16.8. The minimum atomic E-state index is -0.275. The standard InChI is InChI=1S/C20H28N4O3S/c1-13(27-17-11-9-16(26-4)10-12-17)18-22-23-20(24(18)3)28-14(2)19(25)21-15-7-5-6-8-15/h9-15H,5-8H2,1-4H3,(H,21,25). The Morgan fingerprint density at radius 2 is 1.82 bits per heavy atom. The molecule has 0 radical (unpaired) electrons. The Hall–Kier alpha value is -2.22. The number of nitrogens with one attached hydrogen (secondary N) is 1. The first kappa shape index (κ1) is 20.5. The highest BCUT2D eigenvalue weighted by Gasteiger charge is 2.24. The van der Waals surface area contributed by atoms with Gasteiger partial charge in [-0.2, -0.15) is 0 Å². The molecule has 1 heterocycles. The molecule has 1 aromatic carbocycles. The second kappa shape index (κ2) is 9.32. The molecule has 0 saturated heterocycles. The number of hydrogen-bond donors (Lipinski definition) is 1. The van der Waals surface area contributed by atoms with Crippen molar-refractivity contribution < 1.29 is 14.3 Å². The van der Waals surface area contributed by atoms with Gasteiger partial charge in [0, 0.05) is 13.1 Å². The van der Waals surface area contributed by atoms with Crippen LogP contribution in [0.3, 0.4) is 0 Å². The lowest BCUT2D eigenvalue weighted by molar-refractivity contribution is -0.120. The third-order valence-corrected chi connectivity index (χ3v) is 6.09. The molecule has 2 atom stereocenters. The maximum atomic E-state index is 12.4. The van der Waals surface area contributed by atoms with Gasteiger partial charge < -0.3 is 19.4 Å². The first-order valence-electron chi connectivity index (χ1n) is 9.65. The number of carbonyl (C=O) groups excluding carboxylic acids is 1. The Labute approximate surface area is 170 Å². The lowest BCUT2D eigenvalue weighted by atomic mass is 10.2. The molecule has 2 unspecified atom stereocenters. The van der Waals surface area contributed by atoms with Gasteiger partial charge in [-0.15, -0.1) is 10.2 Å². The molecule has 3 rings (SSSR count).